The maximum absolute atomic E-state index is 12.7. The Hall–Kier alpha value is -2.74. The smallest absolute Gasteiger partial charge is 0.231 e. The molecule has 5 rings (SSSR count). The van der Waals surface area contributed by atoms with Gasteiger partial charge in [-0.05, 0) is 37.8 Å². The van der Waals surface area contributed by atoms with Gasteiger partial charge in [0.1, 0.15) is 0 Å². The van der Waals surface area contributed by atoms with Gasteiger partial charge in [-0.1, -0.05) is 12.1 Å². The van der Waals surface area contributed by atoms with Gasteiger partial charge in [0.05, 0.1) is 17.1 Å². The minimum Gasteiger partial charge on any atom is -0.302 e. The van der Waals surface area contributed by atoms with Crippen LogP contribution in [-0.4, -0.2) is 33.5 Å². The molecule has 1 atom stereocenters. The van der Waals surface area contributed by atoms with Crippen LogP contribution in [0.25, 0.3) is 10.9 Å². The van der Waals surface area contributed by atoms with Crippen LogP contribution < -0.4 is 10.2 Å². The van der Waals surface area contributed by atoms with E-state index in [2.05, 4.69) is 20.5 Å². The normalized spacial score (nSPS) is 19.5. The molecule has 1 fully saturated rings. The molecular formula is C19H19N5O2S. The number of nitrogens with one attached hydrogen (secondary N) is 2. The Morgan fingerprint density at radius 2 is 2.11 bits per heavy atom. The summed E-state index contributed by atoms with van der Waals surface area (Å²) < 4.78 is 0. The molecule has 1 aromatic carbocycles. The molecule has 1 unspecified atom stereocenters. The molecule has 2 aliphatic rings. The van der Waals surface area contributed by atoms with Crippen molar-refractivity contribution in [2.75, 3.05) is 16.8 Å². The number of thiazole rings is 1. The molecule has 3 aromatic rings. The van der Waals surface area contributed by atoms with E-state index in [-0.39, 0.29) is 18.2 Å². The number of rotatable bonds is 3. The second-order valence-electron chi connectivity index (χ2n) is 7.08. The summed E-state index contributed by atoms with van der Waals surface area (Å²) in [5.74, 6) is -0.0212. The molecule has 2 amide bonds. The van der Waals surface area contributed by atoms with E-state index >= 15 is 0 Å². The highest BCUT2D eigenvalue weighted by Crippen LogP contribution is 2.32. The minimum atomic E-state index is -0.395. The van der Waals surface area contributed by atoms with E-state index in [1.165, 1.54) is 11.3 Å². The molecule has 3 heterocycles. The van der Waals surface area contributed by atoms with Crippen LogP contribution in [0.2, 0.25) is 0 Å². The molecule has 1 saturated heterocycles. The Balaban J connectivity index is 1.32. The molecule has 1 aliphatic heterocycles. The number of hydrogen-bond donors (Lipinski definition) is 2. The Morgan fingerprint density at radius 1 is 1.26 bits per heavy atom. The van der Waals surface area contributed by atoms with Crippen molar-refractivity contribution in [2.24, 2.45) is 5.92 Å². The molecule has 7 nitrogen and oxygen atoms in total. The van der Waals surface area contributed by atoms with Crippen LogP contribution in [0.5, 0.6) is 0 Å². The number of nitrogens with zero attached hydrogens (tertiary/aromatic N) is 3. The van der Waals surface area contributed by atoms with Crippen molar-refractivity contribution < 1.29 is 9.59 Å². The largest absolute Gasteiger partial charge is 0.302 e. The molecule has 0 spiro atoms. The van der Waals surface area contributed by atoms with Gasteiger partial charge in [0.15, 0.2) is 10.9 Å². The zero-order valence-electron chi connectivity index (χ0n) is 14.7. The third-order valence-corrected chi connectivity index (χ3v) is 6.35. The van der Waals surface area contributed by atoms with E-state index in [1.54, 1.807) is 16.2 Å². The van der Waals surface area contributed by atoms with Crippen molar-refractivity contribution in [2.45, 2.75) is 32.1 Å². The van der Waals surface area contributed by atoms with Crippen molar-refractivity contribution in [1.29, 1.82) is 0 Å². The second kappa shape index (κ2) is 6.45. The van der Waals surface area contributed by atoms with E-state index in [0.29, 0.717) is 17.5 Å². The monoisotopic (exact) mass is 381 g/mol. The number of aryl methyl sites for hydroxylation is 2. The minimum absolute atomic E-state index is 0.0779. The maximum Gasteiger partial charge on any atom is 0.231 e. The predicted molar refractivity (Wildman–Crippen MR) is 104 cm³/mol. The van der Waals surface area contributed by atoms with Crippen LogP contribution in [0.3, 0.4) is 0 Å². The van der Waals surface area contributed by atoms with Gasteiger partial charge >= 0.3 is 0 Å². The fraction of sp³-hybridized carbons (Fsp3) is 0.368. The summed E-state index contributed by atoms with van der Waals surface area (Å²) in [6, 6.07) is 7.67. The van der Waals surface area contributed by atoms with Gasteiger partial charge in [-0.25, -0.2) is 4.98 Å². The van der Waals surface area contributed by atoms with Gasteiger partial charge in [-0.2, -0.15) is 5.10 Å². The van der Waals surface area contributed by atoms with Crippen molar-refractivity contribution in [3.63, 3.8) is 0 Å². The zero-order valence-corrected chi connectivity index (χ0v) is 15.5. The number of anilines is 2. The summed E-state index contributed by atoms with van der Waals surface area (Å²) in [6.07, 6.45) is 4.58. The summed E-state index contributed by atoms with van der Waals surface area (Å²) in [4.78, 5) is 32.7. The summed E-state index contributed by atoms with van der Waals surface area (Å²) in [5, 5.41) is 11.7. The van der Waals surface area contributed by atoms with Crippen molar-refractivity contribution in [3.05, 3.63) is 34.8 Å². The van der Waals surface area contributed by atoms with Gasteiger partial charge in [0, 0.05) is 23.2 Å². The van der Waals surface area contributed by atoms with Crippen LogP contribution >= 0.6 is 11.3 Å². The number of fused-ring (bicyclic) bond motifs is 2. The molecule has 138 valence electrons. The lowest BCUT2D eigenvalue weighted by molar-refractivity contribution is -0.122. The molecule has 0 radical (unpaired) electrons. The van der Waals surface area contributed by atoms with Gasteiger partial charge in [0.25, 0.3) is 0 Å². The van der Waals surface area contributed by atoms with E-state index in [4.69, 9.17) is 0 Å². The number of benzene rings is 1. The highest BCUT2D eigenvalue weighted by Gasteiger charge is 2.37. The molecule has 0 bridgehead atoms. The molecule has 8 heteroatoms. The number of H-pyrrole nitrogens is 1. The first-order valence-electron chi connectivity index (χ1n) is 9.22. The average Bonchev–Trinajstić information content (AvgIpc) is 3.37. The lowest BCUT2D eigenvalue weighted by atomic mass is 10.0. The second-order valence-corrected chi connectivity index (χ2v) is 8.17. The van der Waals surface area contributed by atoms with Crippen LogP contribution in [0.1, 0.15) is 29.8 Å². The highest BCUT2D eigenvalue weighted by atomic mass is 32.1. The third kappa shape index (κ3) is 2.90. The SMILES string of the molecule is O=C(Nc1nc2c(s1)CCCC2)C1CC(=O)N(c2n[nH]c3ccccc23)C1. The van der Waals surface area contributed by atoms with Gasteiger partial charge < -0.3 is 5.32 Å². The first kappa shape index (κ1) is 16.4. The molecule has 2 aromatic heterocycles. The van der Waals surface area contributed by atoms with Gasteiger partial charge in [0.2, 0.25) is 11.8 Å². The maximum atomic E-state index is 12.7. The number of carbonyl (C=O) groups is 2. The Morgan fingerprint density at radius 3 is 3.00 bits per heavy atom. The van der Waals surface area contributed by atoms with E-state index in [1.807, 2.05) is 24.3 Å². The quantitative estimate of drug-likeness (QED) is 0.730. The Kier molecular flexibility index (Phi) is 3.93. The van der Waals surface area contributed by atoms with Gasteiger partial charge in [-0.15, -0.1) is 11.3 Å². The number of amides is 2. The summed E-state index contributed by atoms with van der Waals surface area (Å²) >= 11 is 1.56. The standard InChI is InChI=1S/C19H19N5O2S/c25-16-9-11(10-24(16)17-12-5-1-2-6-13(12)22-23-17)18(26)21-19-20-14-7-3-4-8-15(14)27-19/h1-2,5-6,11H,3-4,7-10H2,(H,22,23)(H,20,21,26). The lowest BCUT2D eigenvalue weighted by Crippen LogP contribution is -2.28. The summed E-state index contributed by atoms with van der Waals surface area (Å²) in [6.45, 7) is 0.338. The predicted octanol–water partition coefficient (Wildman–Crippen LogP) is 2.89. The first-order valence-corrected chi connectivity index (χ1v) is 10.0. The molecule has 27 heavy (non-hydrogen) atoms. The fourth-order valence-corrected chi connectivity index (χ4v) is 4.91. The average molecular weight is 381 g/mol. The number of aromatic nitrogens is 3. The topological polar surface area (TPSA) is 91.0 Å². The zero-order chi connectivity index (χ0) is 18.4. The van der Waals surface area contributed by atoms with Crippen LogP contribution in [0, 0.1) is 5.92 Å². The number of aromatic amines is 1. The van der Waals surface area contributed by atoms with Crippen molar-refractivity contribution in [3.8, 4) is 0 Å². The third-order valence-electron chi connectivity index (χ3n) is 5.28. The lowest BCUT2D eigenvalue weighted by Gasteiger charge is -2.13. The molecule has 2 N–H and O–H groups in total. The first-order chi connectivity index (χ1) is 13.2. The van der Waals surface area contributed by atoms with Crippen molar-refractivity contribution in [1.82, 2.24) is 15.2 Å². The Bertz CT molecular complexity index is 1020. The number of hydrogen-bond acceptors (Lipinski definition) is 5. The number of carbonyl (C=O) groups excluding carboxylic acids is 2. The molecule has 1 aliphatic carbocycles. The van der Waals surface area contributed by atoms with Crippen LogP contribution in [-0.2, 0) is 22.4 Å². The van der Waals surface area contributed by atoms with Crippen molar-refractivity contribution >= 4 is 45.0 Å². The van der Waals surface area contributed by atoms with Crippen LogP contribution in [0.15, 0.2) is 24.3 Å². The summed E-state index contributed by atoms with van der Waals surface area (Å²) in [7, 11) is 0. The van der Waals surface area contributed by atoms with E-state index in [9.17, 15) is 9.59 Å². The van der Waals surface area contributed by atoms with E-state index < -0.39 is 5.92 Å². The highest BCUT2D eigenvalue weighted by molar-refractivity contribution is 7.15. The van der Waals surface area contributed by atoms with E-state index in [0.717, 1.165) is 35.9 Å². The van der Waals surface area contributed by atoms with Crippen LogP contribution in [0.4, 0.5) is 10.9 Å². The Labute approximate surface area is 159 Å². The molecule has 0 saturated carbocycles. The number of para-hydroxylation sites is 1. The summed E-state index contributed by atoms with van der Waals surface area (Å²) in [5.41, 5.74) is 2.00. The van der Waals surface area contributed by atoms with Gasteiger partial charge in [-0.3, -0.25) is 19.6 Å². The fourth-order valence-electron chi connectivity index (χ4n) is 3.86. The molecular weight excluding hydrogens is 362 g/mol.